The van der Waals surface area contributed by atoms with E-state index in [0.29, 0.717) is 6.54 Å². The summed E-state index contributed by atoms with van der Waals surface area (Å²) in [6.07, 6.45) is 1.37. The third-order valence-corrected chi connectivity index (χ3v) is 3.04. The first-order chi connectivity index (χ1) is 8.65. The molecule has 0 aliphatic carbocycles. The molecule has 1 aliphatic heterocycles. The van der Waals surface area contributed by atoms with Gasteiger partial charge in [0.15, 0.2) is 6.23 Å². The molecule has 1 aromatic carbocycles. The van der Waals surface area contributed by atoms with E-state index < -0.39 is 0 Å². The lowest BCUT2D eigenvalue weighted by atomic mass is 10.2. The Morgan fingerprint density at radius 2 is 1.89 bits per heavy atom. The Bertz CT molecular complexity index is 464. The third-order valence-electron chi connectivity index (χ3n) is 3.04. The number of hydrogen-bond donors (Lipinski definition) is 0. The van der Waals surface area contributed by atoms with Gasteiger partial charge in [0.2, 0.25) is 5.91 Å². The Morgan fingerprint density at radius 3 is 2.44 bits per heavy atom. The van der Waals surface area contributed by atoms with Crippen molar-refractivity contribution in [3.63, 3.8) is 0 Å². The molecule has 96 valence electrons. The summed E-state index contributed by atoms with van der Waals surface area (Å²) in [7, 11) is 3.24. The van der Waals surface area contributed by atoms with Gasteiger partial charge in [-0.15, -0.1) is 0 Å². The van der Waals surface area contributed by atoms with Crippen molar-refractivity contribution in [2.45, 2.75) is 19.7 Å². The van der Waals surface area contributed by atoms with Gasteiger partial charge in [-0.3, -0.25) is 4.79 Å². The Morgan fingerprint density at radius 1 is 1.22 bits per heavy atom. The molecule has 0 N–H and O–H groups in total. The lowest BCUT2D eigenvalue weighted by molar-refractivity contribution is -0.133. The minimum absolute atomic E-state index is 0.00447. The van der Waals surface area contributed by atoms with E-state index in [1.165, 1.54) is 0 Å². The second-order valence-electron chi connectivity index (χ2n) is 4.29. The van der Waals surface area contributed by atoms with Crippen molar-refractivity contribution in [2.24, 2.45) is 0 Å². The molecule has 1 aliphatic rings. The molecule has 0 fully saturated rings. The van der Waals surface area contributed by atoms with E-state index in [1.807, 2.05) is 31.2 Å². The molecular formula is C14H17NO3. The molecule has 0 saturated heterocycles. The molecule has 1 heterocycles. The minimum atomic E-state index is -0.250. The predicted octanol–water partition coefficient (Wildman–Crippen LogP) is 1.96. The number of carbonyl (C=O) groups excluding carboxylic acids is 1. The van der Waals surface area contributed by atoms with Gasteiger partial charge < -0.3 is 14.4 Å². The summed E-state index contributed by atoms with van der Waals surface area (Å²) in [6.45, 7) is 2.44. The predicted molar refractivity (Wildman–Crippen MR) is 68.1 cm³/mol. The zero-order valence-electron chi connectivity index (χ0n) is 10.8. The molecule has 1 atom stereocenters. The van der Waals surface area contributed by atoms with Crippen LogP contribution in [0.5, 0.6) is 5.75 Å². The first-order valence-electron chi connectivity index (χ1n) is 5.80. The second-order valence-corrected chi connectivity index (χ2v) is 4.29. The van der Waals surface area contributed by atoms with Crippen molar-refractivity contribution in [3.8, 4) is 5.75 Å². The van der Waals surface area contributed by atoms with Crippen LogP contribution < -0.4 is 4.74 Å². The smallest absolute Gasteiger partial charge is 0.249 e. The maximum Gasteiger partial charge on any atom is 0.249 e. The summed E-state index contributed by atoms with van der Waals surface area (Å²) >= 11 is 0. The van der Waals surface area contributed by atoms with Crippen molar-refractivity contribution < 1.29 is 14.3 Å². The van der Waals surface area contributed by atoms with Gasteiger partial charge in [0.25, 0.3) is 0 Å². The van der Waals surface area contributed by atoms with Crippen LogP contribution >= 0.6 is 0 Å². The highest BCUT2D eigenvalue weighted by atomic mass is 16.5. The maximum absolute atomic E-state index is 11.8. The minimum Gasteiger partial charge on any atom is -0.497 e. The van der Waals surface area contributed by atoms with E-state index >= 15 is 0 Å². The maximum atomic E-state index is 11.8. The highest BCUT2D eigenvalue weighted by Gasteiger charge is 2.30. The van der Waals surface area contributed by atoms with Crippen molar-refractivity contribution >= 4 is 5.91 Å². The molecule has 1 unspecified atom stereocenters. The van der Waals surface area contributed by atoms with Crippen LogP contribution in [0.1, 0.15) is 12.5 Å². The van der Waals surface area contributed by atoms with Gasteiger partial charge in [0, 0.05) is 19.7 Å². The van der Waals surface area contributed by atoms with Crippen LogP contribution in [0, 0.1) is 0 Å². The van der Waals surface area contributed by atoms with E-state index in [1.54, 1.807) is 25.2 Å². The molecule has 0 spiro atoms. The Kier molecular flexibility index (Phi) is 3.67. The van der Waals surface area contributed by atoms with Gasteiger partial charge in [0.05, 0.1) is 7.11 Å². The highest BCUT2D eigenvalue weighted by molar-refractivity contribution is 5.91. The summed E-state index contributed by atoms with van der Waals surface area (Å²) in [4.78, 5) is 13.5. The van der Waals surface area contributed by atoms with Crippen molar-refractivity contribution in [1.82, 2.24) is 4.90 Å². The second kappa shape index (κ2) is 5.23. The van der Waals surface area contributed by atoms with Crippen LogP contribution in [-0.2, 0) is 16.1 Å². The summed E-state index contributed by atoms with van der Waals surface area (Å²) in [5.74, 6) is 0.805. The summed E-state index contributed by atoms with van der Waals surface area (Å²) in [5.41, 5.74) is 1.99. The molecule has 0 saturated carbocycles. The van der Waals surface area contributed by atoms with Gasteiger partial charge in [-0.1, -0.05) is 12.1 Å². The number of hydrogen-bond acceptors (Lipinski definition) is 3. The van der Waals surface area contributed by atoms with Crippen LogP contribution in [-0.4, -0.2) is 31.3 Å². The average molecular weight is 247 g/mol. The zero-order valence-corrected chi connectivity index (χ0v) is 10.8. The average Bonchev–Trinajstić information content (AvgIpc) is 2.64. The van der Waals surface area contributed by atoms with Gasteiger partial charge >= 0.3 is 0 Å². The van der Waals surface area contributed by atoms with E-state index in [4.69, 9.17) is 9.47 Å². The van der Waals surface area contributed by atoms with Gasteiger partial charge in [0.1, 0.15) is 5.75 Å². The Balaban J connectivity index is 2.11. The molecular weight excluding hydrogens is 230 g/mol. The highest BCUT2D eigenvalue weighted by Crippen LogP contribution is 2.22. The number of nitrogens with zero attached hydrogens (tertiary/aromatic N) is 1. The number of methoxy groups -OCH3 is 2. The summed E-state index contributed by atoms with van der Waals surface area (Å²) < 4.78 is 10.4. The zero-order chi connectivity index (χ0) is 13.1. The van der Waals surface area contributed by atoms with Crippen LogP contribution in [0.4, 0.5) is 0 Å². The fourth-order valence-corrected chi connectivity index (χ4v) is 2.11. The lowest BCUT2D eigenvalue weighted by Crippen LogP contribution is -2.35. The fraction of sp³-hybridized carbons (Fsp3) is 0.357. The number of amides is 1. The van der Waals surface area contributed by atoms with E-state index in [0.717, 1.165) is 16.9 Å². The topological polar surface area (TPSA) is 38.8 Å². The molecule has 4 nitrogen and oxygen atoms in total. The Labute approximate surface area is 107 Å². The van der Waals surface area contributed by atoms with Crippen LogP contribution in [0.15, 0.2) is 35.9 Å². The molecule has 2 rings (SSSR count). The number of benzene rings is 1. The molecule has 0 bridgehead atoms. The fourth-order valence-electron chi connectivity index (χ4n) is 2.11. The third kappa shape index (κ3) is 2.38. The van der Waals surface area contributed by atoms with Crippen molar-refractivity contribution in [3.05, 3.63) is 41.5 Å². The molecule has 1 aromatic rings. The molecule has 0 radical (unpaired) electrons. The van der Waals surface area contributed by atoms with E-state index in [9.17, 15) is 4.79 Å². The normalized spacial score (nSPS) is 19.1. The lowest BCUT2D eigenvalue weighted by Gasteiger charge is -2.25. The molecule has 1 amide bonds. The first kappa shape index (κ1) is 12.6. The summed E-state index contributed by atoms with van der Waals surface area (Å²) in [5, 5.41) is 0. The van der Waals surface area contributed by atoms with Crippen molar-refractivity contribution in [1.29, 1.82) is 0 Å². The van der Waals surface area contributed by atoms with Crippen molar-refractivity contribution in [2.75, 3.05) is 14.2 Å². The van der Waals surface area contributed by atoms with Crippen LogP contribution in [0.3, 0.4) is 0 Å². The van der Waals surface area contributed by atoms with Gasteiger partial charge in [-0.05, 0) is 30.2 Å². The SMILES string of the molecule is COc1ccc(CN2C(=O)C=C(C)C2OC)cc1. The largest absolute Gasteiger partial charge is 0.497 e. The number of rotatable bonds is 4. The van der Waals surface area contributed by atoms with Gasteiger partial charge in [-0.25, -0.2) is 0 Å². The van der Waals surface area contributed by atoms with Crippen LogP contribution in [0.2, 0.25) is 0 Å². The van der Waals surface area contributed by atoms with E-state index in [-0.39, 0.29) is 12.1 Å². The Hall–Kier alpha value is -1.81. The van der Waals surface area contributed by atoms with E-state index in [2.05, 4.69) is 0 Å². The number of ether oxygens (including phenoxy) is 2. The summed E-state index contributed by atoms with van der Waals surface area (Å²) in [6, 6.07) is 7.68. The van der Waals surface area contributed by atoms with Gasteiger partial charge in [-0.2, -0.15) is 0 Å². The molecule has 18 heavy (non-hydrogen) atoms. The molecule has 0 aromatic heterocycles. The van der Waals surface area contributed by atoms with Crippen LogP contribution in [0.25, 0.3) is 0 Å². The standard InChI is InChI=1S/C14H17NO3/c1-10-8-13(16)15(14(10)18-3)9-11-4-6-12(17-2)7-5-11/h4-8,14H,9H2,1-3H3. The molecule has 4 heteroatoms. The quantitative estimate of drug-likeness (QED) is 0.816. The number of carbonyl (C=O) groups is 1. The monoisotopic (exact) mass is 247 g/mol. The first-order valence-corrected chi connectivity index (χ1v) is 5.80.